The first-order chi connectivity index (χ1) is 7.92. The fraction of sp³-hybridized carbons (Fsp3) is 0.143. The molecule has 0 bridgehead atoms. The molecule has 16 heavy (non-hydrogen) atoms. The second kappa shape index (κ2) is 3.74. The average Bonchev–Trinajstić information content (AvgIpc) is 2.66. The Hall–Kier alpha value is -1.64. The third kappa shape index (κ3) is 1.28. The first-order valence-electron chi connectivity index (χ1n) is 5.32. The number of hydrogen-bond acceptors (Lipinski definition) is 2. The smallest absolute Gasteiger partial charge is 0.144 e. The molecule has 2 aromatic carbocycles. The van der Waals surface area contributed by atoms with Crippen molar-refractivity contribution >= 4 is 0 Å². The van der Waals surface area contributed by atoms with E-state index in [4.69, 9.17) is 9.84 Å². The molecule has 0 spiro atoms. The molecule has 1 aliphatic carbocycles. The maximum Gasteiger partial charge on any atom is 0.144 e. The molecule has 2 nitrogen and oxygen atoms in total. The van der Waals surface area contributed by atoms with Gasteiger partial charge in [-0.1, -0.05) is 48.5 Å². The van der Waals surface area contributed by atoms with Crippen LogP contribution in [0.5, 0.6) is 0 Å². The molecule has 2 heteroatoms. The van der Waals surface area contributed by atoms with Gasteiger partial charge in [-0.05, 0) is 22.3 Å². The summed E-state index contributed by atoms with van der Waals surface area (Å²) in [6, 6.07) is 16.3. The lowest BCUT2D eigenvalue weighted by molar-refractivity contribution is -0.0334. The number of aliphatic hydroxyl groups excluding tert-OH is 1. The van der Waals surface area contributed by atoms with E-state index < -0.39 is 0 Å². The van der Waals surface area contributed by atoms with Crippen molar-refractivity contribution in [2.75, 3.05) is 6.79 Å². The summed E-state index contributed by atoms with van der Waals surface area (Å²) in [5.41, 5.74) is 4.68. The lowest BCUT2D eigenvalue weighted by Crippen LogP contribution is -2.03. The maximum atomic E-state index is 8.96. The Morgan fingerprint density at radius 3 is 1.88 bits per heavy atom. The van der Waals surface area contributed by atoms with E-state index in [0.29, 0.717) is 0 Å². The predicted octanol–water partition coefficient (Wildman–Crippen LogP) is 2.72. The van der Waals surface area contributed by atoms with Crippen LogP contribution < -0.4 is 0 Å². The van der Waals surface area contributed by atoms with Crippen molar-refractivity contribution in [3.63, 3.8) is 0 Å². The summed E-state index contributed by atoms with van der Waals surface area (Å²) in [5, 5.41) is 8.96. The van der Waals surface area contributed by atoms with Crippen molar-refractivity contribution in [2.24, 2.45) is 0 Å². The maximum absolute atomic E-state index is 8.96. The summed E-state index contributed by atoms with van der Waals surface area (Å²) in [5.74, 6) is 0. The summed E-state index contributed by atoms with van der Waals surface area (Å²) in [6.07, 6.45) is -0.127. The van der Waals surface area contributed by atoms with E-state index in [2.05, 4.69) is 24.3 Å². The standard InChI is InChI=1S/C14H12O2/c15-9-16-14-12-7-3-1-5-10(12)11-6-2-4-8-13(11)14/h1-8,14-15H,9H2. The van der Waals surface area contributed by atoms with E-state index >= 15 is 0 Å². The van der Waals surface area contributed by atoms with Crippen LogP contribution in [0.3, 0.4) is 0 Å². The zero-order valence-electron chi connectivity index (χ0n) is 8.76. The molecule has 0 aromatic heterocycles. The van der Waals surface area contributed by atoms with Crippen LogP contribution in [0.2, 0.25) is 0 Å². The van der Waals surface area contributed by atoms with Gasteiger partial charge in [0.05, 0.1) is 0 Å². The number of ether oxygens (including phenoxy) is 1. The SMILES string of the molecule is OCOC1c2ccccc2-c2ccccc21. The van der Waals surface area contributed by atoms with Crippen LogP contribution in [-0.4, -0.2) is 11.9 Å². The van der Waals surface area contributed by atoms with E-state index in [1.165, 1.54) is 11.1 Å². The van der Waals surface area contributed by atoms with Gasteiger partial charge in [-0.2, -0.15) is 0 Å². The van der Waals surface area contributed by atoms with Crippen LogP contribution in [0.4, 0.5) is 0 Å². The normalized spacial score (nSPS) is 13.6. The van der Waals surface area contributed by atoms with E-state index in [1.807, 2.05) is 24.3 Å². The minimum atomic E-state index is -0.257. The van der Waals surface area contributed by atoms with Gasteiger partial charge in [0.1, 0.15) is 12.9 Å². The van der Waals surface area contributed by atoms with Crippen LogP contribution >= 0.6 is 0 Å². The van der Waals surface area contributed by atoms with Crippen molar-refractivity contribution < 1.29 is 9.84 Å². The molecule has 0 saturated carbocycles. The van der Waals surface area contributed by atoms with Gasteiger partial charge in [0, 0.05) is 0 Å². The van der Waals surface area contributed by atoms with Gasteiger partial charge < -0.3 is 9.84 Å². The van der Waals surface area contributed by atoms with Crippen LogP contribution in [0, 0.1) is 0 Å². The molecule has 80 valence electrons. The molecule has 0 fully saturated rings. The molecule has 0 saturated heterocycles. The molecular weight excluding hydrogens is 200 g/mol. The second-order valence-electron chi connectivity index (χ2n) is 3.85. The highest BCUT2D eigenvalue weighted by atomic mass is 16.6. The average molecular weight is 212 g/mol. The Balaban J connectivity index is 2.21. The molecule has 0 amide bonds. The van der Waals surface area contributed by atoms with Crippen LogP contribution in [0.15, 0.2) is 48.5 Å². The van der Waals surface area contributed by atoms with Gasteiger partial charge in [-0.25, -0.2) is 0 Å². The first-order valence-corrected chi connectivity index (χ1v) is 5.32. The van der Waals surface area contributed by atoms with Crippen molar-refractivity contribution in [3.8, 4) is 11.1 Å². The largest absolute Gasteiger partial charge is 0.371 e. The molecule has 0 heterocycles. The number of aliphatic hydroxyl groups is 1. The summed E-state index contributed by atoms with van der Waals surface area (Å²) >= 11 is 0. The molecule has 3 rings (SSSR count). The zero-order valence-corrected chi connectivity index (χ0v) is 8.76. The molecule has 1 aliphatic rings. The predicted molar refractivity (Wildman–Crippen MR) is 61.9 cm³/mol. The monoisotopic (exact) mass is 212 g/mol. The third-order valence-electron chi connectivity index (χ3n) is 3.02. The molecule has 2 aromatic rings. The Morgan fingerprint density at radius 1 is 0.875 bits per heavy atom. The molecule has 0 unspecified atom stereocenters. The summed E-state index contributed by atoms with van der Waals surface area (Å²) in [6.45, 7) is -0.257. The van der Waals surface area contributed by atoms with E-state index in [-0.39, 0.29) is 12.9 Å². The highest BCUT2D eigenvalue weighted by Crippen LogP contribution is 2.44. The Kier molecular flexibility index (Phi) is 2.24. The Labute approximate surface area is 94.1 Å². The number of rotatable bonds is 2. The van der Waals surface area contributed by atoms with Gasteiger partial charge in [0.15, 0.2) is 0 Å². The van der Waals surface area contributed by atoms with Crippen molar-refractivity contribution in [1.29, 1.82) is 0 Å². The molecular formula is C14H12O2. The Bertz CT molecular complexity index is 474. The van der Waals surface area contributed by atoms with Crippen molar-refractivity contribution in [3.05, 3.63) is 59.7 Å². The van der Waals surface area contributed by atoms with Gasteiger partial charge >= 0.3 is 0 Å². The summed E-state index contributed by atoms with van der Waals surface area (Å²) < 4.78 is 5.41. The molecule has 1 N–H and O–H groups in total. The van der Waals surface area contributed by atoms with E-state index in [1.54, 1.807) is 0 Å². The Morgan fingerprint density at radius 2 is 1.38 bits per heavy atom. The fourth-order valence-corrected chi connectivity index (χ4v) is 2.36. The second-order valence-corrected chi connectivity index (χ2v) is 3.85. The zero-order chi connectivity index (χ0) is 11.0. The third-order valence-corrected chi connectivity index (χ3v) is 3.02. The first kappa shape index (κ1) is 9.58. The van der Waals surface area contributed by atoms with Gasteiger partial charge in [-0.15, -0.1) is 0 Å². The van der Waals surface area contributed by atoms with E-state index in [0.717, 1.165) is 11.1 Å². The molecule has 0 radical (unpaired) electrons. The van der Waals surface area contributed by atoms with Gasteiger partial charge in [0.25, 0.3) is 0 Å². The minimum Gasteiger partial charge on any atom is -0.371 e. The lowest BCUT2D eigenvalue weighted by Gasteiger charge is -2.12. The minimum absolute atomic E-state index is 0.127. The topological polar surface area (TPSA) is 29.5 Å². The van der Waals surface area contributed by atoms with Crippen LogP contribution in [0.1, 0.15) is 17.2 Å². The van der Waals surface area contributed by atoms with Crippen LogP contribution in [-0.2, 0) is 4.74 Å². The molecule has 0 aliphatic heterocycles. The number of fused-ring (bicyclic) bond motifs is 3. The number of benzene rings is 2. The van der Waals surface area contributed by atoms with Crippen molar-refractivity contribution in [2.45, 2.75) is 6.10 Å². The van der Waals surface area contributed by atoms with Gasteiger partial charge in [0.2, 0.25) is 0 Å². The fourth-order valence-electron chi connectivity index (χ4n) is 2.36. The highest BCUT2D eigenvalue weighted by Gasteiger charge is 2.28. The quantitative estimate of drug-likeness (QED) is 0.775. The highest BCUT2D eigenvalue weighted by molar-refractivity contribution is 5.77. The summed E-state index contributed by atoms with van der Waals surface area (Å²) in [7, 11) is 0. The van der Waals surface area contributed by atoms with Crippen molar-refractivity contribution in [1.82, 2.24) is 0 Å². The van der Waals surface area contributed by atoms with Crippen LogP contribution in [0.25, 0.3) is 11.1 Å². The number of hydrogen-bond donors (Lipinski definition) is 1. The molecule has 0 atom stereocenters. The lowest BCUT2D eigenvalue weighted by atomic mass is 10.1. The van der Waals surface area contributed by atoms with Gasteiger partial charge in [-0.3, -0.25) is 0 Å². The summed E-state index contributed by atoms with van der Waals surface area (Å²) in [4.78, 5) is 0. The van der Waals surface area contributed by atoms with E-state index in [9.17, 15) is 0 Å².